The molecule has 3 aliphatic rings. The van der Waals surface area contributed by atoms with Gasteiger partial charge < -0.3 is 20.6 Å². The number of amides is 2. The monoisotopic (exact) mass is 387 g/mol. The van der Waals surface area contributed by atoms with Gasteiger partial charge >= 0.3 is 0 Å². The molecule has 1 saturated carbocycles. The zero-order valence-corrected chi connectivity index (χ0v) is 16.2. The van der Waals surface area contributed by atoms with Gasteiger partial charge in [-0.15, -0.1) is 0 Å². The molecule has 1 aromatic heterocycles. The minimum Gasteiger partial charge on any atom is -0.379 e. The second-order valence-corrected chi connectivity index (χ2v) is 8.33. The van der Waals surface area contributed by atoms with Crippen LogP contribution in [0.4, 0.5) is 5.82 Å². The van der Waals surface area contributed by atoms with Gasteiger partial charge in [0.15, 0.2) is 5.60 Å². The van der Waals surface area contributed by atoms with Crippen LogP contribution in [-0.4, -0.2) is 83.1 Å². The fourth-order valence-corrected chi connectivity index (χ4v) is 4.33. The number of nitrogens with two attached hydrogens (primary N) is 1. The van der Waals surface area contributed by atoms with Gasteiger partial charge in [-0.1, -0.05) is 0 Å². The number of aliphatic hydroxyl groups is 1. The molecule has 4 rings (SSSR count). The number of primary amides is 1. The van der Waals surface area contributed by atoms with Crippen LogP contribution in [0.25, 0.3) is 0 Å². The first-order chi connectivity index (χ1) is 13.5. The minimum absolute atomic E-state index is 0.103. The molecule has 2 aliphatic heterocycles. The van der Waals surface area contributed by atoms with Crippen molar-refractivity contribution in [2.75, 3.05) is 50.7 Å². The molecule has 3 N–H and O–H groups in total. The third kappa shape index (κ3) is 3.98. The number of hydrogen-bond donors (Lipinski definition) is 2. The molecule has 8 nitrogen and oxygen atoms in total. The van der Waals surface area contributed by atoms with Gasteiger partial charge in [0.25, 0.3) is 11.8 Å². The number of rotatable bonds is 6. The SMILES string of the molecule is NC(=O)c1cccnc1N1CCN(CC2(O)CCCN(CC3CC3)C2=O)CC1. The molecule has 0 bridgehead atoms. The highest BCUT2D eigenvalue weighted by molar-refractivity contribution is 5.97. The predicted octanol–water partition coefficient (Wildman–Crippen LogP) is 0.0660. The van der Waals surface area contributed by atoms with Crippen LogP contribution in [-0.2, 0) is 4.79 Å². The van der Waals surface area contributed by atoms with Crippen molar-refractivity contribution in [3.05, 3.63) is 23.9 Å². The van der Waals surface area contributed by atoms with E-state index in [9.17, 15) is 14.7 Å². The van der Waals surface area contributed by atoms with E-state index in [0.717, 1.165) is 19.5 Å². The van der Waals surface area contributed by atoms with E-state index in [1.54, 1.807) is 18.3 Å². The normalized spacial score (nSPS) is 26.5. The van der Waals surface area contributed by atoms with E-state index >= 15 is 0 Å². The molecule has 3 fully saturated rings. The van der Waals surface area contributed by atoms with Gasteiger partial charge in [0.2, 0.25) is 0 Å². The zero-order chi connectivity index (χ0) is 19.7. The summed E-state index contributed by atoms with van der Waals surface area (Å²) in [5, 5.41) is 11.1. The molecule has 8 heteroatoms. The van der Waals surface area contributed by atoms with E-state index in [0.29, 0.717) is 56.4 Å². The fraction of sp³-hybridized carbons (Fsp3) is 0.650. The summed E-state index contributed by atoms with van der Waals surface area (Å²) >= 11 is 0. The highest BCUT2D eigenvalue weighted by Gasteiger charge is 2.44. The number of carbonyl (C=O) groups is 2. The Morgan fingerprint density at radius 1 is 1.25 bits per heavy atom. The number of carbonyl (C=O) groups excluding carboxylic acids is 2. The highest BCUT2D eigenvalue weighted by atomic mass is 16.3. The summed E-state index contributed by atoms with van der Waals surface area (Å²) in [6.07, 6.45) is 5.44. The van der Waals surface area contributed by atoms with Crippen LogP contribution < -0.4 is 10.6 Å². The van der Waals surface area contributed by atoms with Crippen LogP contribution in [0.15, 0.2) is 18.3 Å². The Balaban J connectivity index is 1.36. The Hall–Kier alpha value is -2.19. The summed E-state index contributed by atoms with van der Waals surface area (Å²) in [4.78, 5) is 34.9. The topological polar surface area (TPSA) is 103 Å². The maximum Gasteiger partial charge on any atom is 0.255 e. The first-order valence-corrected chi connectivity index (χ1v) is 10.2. The van der Waals surface area contributed by atoms with Crippen molar-refractivity contribution in [1.82, 2.24) is 14.8 Å². The molecule has 1 atom stereocenters. The molecular formula is C20H29N5O3. The van der Waals surface area contributed by atoms with Crippen LogP contribution in [0, 0.1) is 5.92 Å². The highest BCUT2D eigenvalue weighted by Crippen LogP contribution is 2.33. The van der Waals surface area contributed by atoms with E-state index in [1.807, 2.05) is 9.80 Å². The number of hydrogen-bond acceptors (Lipinski definition) is 6. The Bertz CT molecular complexity index is 745. The van der Waals surface area contributed by atoms with Crippen LogP contribution in [0.1, 0.15) is 36.0 Å². The number of pyridine rings is 1. The summed E-state index contributed by atoms with van der Waals surface area (Å²) in [7, 11) is 0. The smallest absolute Gasteiger partial charge is 0.255 e. The van der Waals surface area contributed by atoms with Crippen molar-refractivity contribution < 1.29 is 14.7 Å². The lowest BCUT2D eigenvalue weighted by molar-refractivity contribution is -0.159. The molecule has 1 unspecified atom stereocenters. The van der Waals surface area contributed by atoms with Crippen molar-refractivity contribution in [3.8, 4) is 0 Å². The largest absolute Gasteiger partial charge is 0.379 e. The van der Waals surface area contributed by atoms with Gasteiger partial charge in [0.05, 0.1) is 5.56 Å². The molecule has 2 amide bonds. The van der Waals surface area contributed by atoms with E-state index in [2.05, 4.69) is 9.88 Å². The summed E-state index contributed by atoms with van der Waals surface area (Å²) in [5.74, 6) is 0.655. The standard InChI is InChI=1S/C20H29N5O3/c21-17(26)16-3-1-7-22-18(16)24-11-9-23(10-12-24)14-20(28)6-2-8-25(19(20)27)13-15-4-5-15/h1,3,7,15,28H,2,4-6,8-14H2,(H2,21,26). The van der Waals surface area contributed by atoms with E-state index in [1.165, 1.54) is 12.8 Å². The van der Waals surface area contributed by atoms with E-state index < -0.39 is 11.5 Å². The average Bonchev–Trinajstić information content (AvgIpc) is 3.50. The summed E-state index contributed by atoms with van der Waals surface area (Å²) < 4.78 is 0. The molecule has 2 saturated heterocycles. The van der Waals surface area contributed by atoms with Gasteiger partial charge in [-0.25, -0.2) is 4.98 Å². The third-order valence-corrected chi connectivity index (χ3v) is 6.09. The average molecular weight is 387 g/mol. The second-order valence-electron chi connectivity index (χ2n) is 8.33. The number of aromatic nitrogens is 1. The molecule has 0 spiro atoms. The predicted molar refractivity (Wildman–Crippen MR) is 105 cm³/mol. The van der Waals surface area contributed by atoms with E-state index in [4.69, 9.17) is 5.73 Å². The maximum absolute atomic E-state index is 12.9. The molecule has 28 heavy (non-hydrogen) atoms. The van der Waals surface area contributed by atoms with E-state index in [-0.39, 0.29) is 5.91 Å². The van der Waals surface area contributed by atoms with Gasteiger partial charge in [-0.3, -0.25) is 14.5 Å². The summed E-state index contributed by atoms with van der Waals surface area (Å²) in [6.45, 7) is 4.68. The van der Waals surface area contributed by atoms with Crippen molar-refractivity contribution in [2.24, 2.45) is 11.7 Å². The lowest BCUT2D eigenvalue weighted by Crippen LogP contribution is -2.61. The number of anilines is 1. The van der Waals surface area contributed by atoms with Crippen LogP contribution in [0.3, 0.4) is 0 Å². The number of piperazine rings is 1. The van der Waals surface area contributed by atoms with Gasteiger partial charge in [-0.05, 0) is 43.7 Å². The fourth-order valence-electron chi connectivity index (χ4n) is 4.33. The second kappa shape index (κ2) is 7.67. The Labute approximate surface area is 165 Å². The van der Waals surface area contributed by atoms with Gasteiger partial charge in [-0.2, -0.15) is 0 Å². The van der Waals surface area contributed by atoms with Crippen molar-refractivity contribution in [1.29, 1.82) is 0 Å². The first-order valence-electron chi connectivity index (χ1n) is 10.2. The molecule has 3 heterocycles. The molecule has 0 aromatic carbocycles. The molecule has 1 aliphatic carbocycles. The number of β-amino-alcohol motifs (C(OH)–C–C–N with tert-alkyl or cyclic N) is 1. The Morgan fingerprint density at radius 3 is 2.68 bits per heavy atom. The quantitative estimate of drug-likeness (QED) is 0.716. The zero-order valence-electron chi connectivity index (χ0n) is 16.2. The third-order valence-electron chi connectivity index (χ3n) is 6.09. The first kappa shape index (κ1) is 19.1. The van der Waals surface area contributed by atoms with Crippen molar-refractivity contribution >= 4 is 17.6 Å². The molecule has 152 valence electrons. The Morgan fingerprint density at radius 2 is 2.00 bits per heavy atom. The van der Waals surface area contributed by atoms with Crippen molar-refractivity contribution in [3.63, 3.8) is 0 Å². The maximum atomic E-state index is 12.9. The molecule has 0 radical (unpaired) electrons. The Kier molecular flexibility index (Phi) is 5.25. The van der Waals surface area contributed by atoms with Crippen molar-refractivity contribution in [2.45, 2.75) is 31.3 Å². The number of likely N-dealkylation sites (tertiary alicyclic amines) is 1. The number of nitrogens with zero attached hydrogens (tertiary/aromatic N) is 4. The number of piperidine rings is 1. The van der Waals surface area contributed by atoms with Gasteiger partial charge in [0, 0.05) is 52.0 Å². The minimum atomic E-state index is -1.28. The molecular weight excluding hydrogens is 358 g/mol. The summed E-state index contributed by atoms with van der Waals surface area (Å²) in [5.41, 5.74) is 4.61. The van der Waals surface area contributed by atoms with Crippen LogP contribution in [0.5, 0.6) is 0 Å². The van der Waals surface area contributed by atoms with Crippen LogP contribution in [0.2, 0.25) is 0 Å². The lowest BCUT2D eigenvalue weighted by atomic mass is 9.90. The van der Waals surface area contributed by atoms with Gasteiger partial charge in [0.1, 0.15) is 5.82 Å². The molecule has 1 aromatic rings. The van der Waals surface area contributed by atoms with Crippen LogP contribution >= 0.6 is 0 Å². The summed E-state index contributed by atoms with van der Waals surface area (Å²) in [6, 6.07) is 3.40. The lowest BCUT2D eigenvalue weighted by Gasteiger charge is -2.43.